The summed E-state index contributed by atoms with van der Waals surface area (Å²) >= 11 is 1.74. The molecule has 2 aromatic rings. The van der Waals surface area contributed by atoms with Crippen molar-refractivity contribution in [1.29, 1.82) is 0 Å². The maximum absolute atomic E-state index is 4.36. The molecule has 2 nitrogen and oxygen atoms in total. The molecule has 3 aliphatic rings. The smallest absolute Gasteiger partial charge is 0.0813 e. The van der Waals surface area contributed by atoms with Gasteiger partial charge < -0.3 is 5.32 Å². The first-order chi connectivity index (χ1) is 9.88. The highest BCUT2D eigenvalue weighted by atomic mass is 32.1. The third-order valence-corrected chi connectivity index (χ3v) is 6.90. The van der Waals surface area contributed by atoms with Crippen molar-refractivity contribution in [1.82, 2.24) is 4.98 Å². The maximum atomic E-state index is 4.36. The molecule has 3 heteroatoms. The van der Waals surface area contributed by atoms with Gasteiger partial charge in [0.15, 0.2) is 0 Å². The van der Waals surface area contributed by atoms with E-state index in [1.807, 2.05) is 5.51 Å². The quantitative estimate of drug-likeness (QED) is 0.876. The van der Waals surface area contributed by atoms with Crippen LogP contribution in [0.2, 0.25) is 0 Å². The van der Waals surface area contributed by atoms with E-state index in [1.165, 1.54) is 42.5 Å². The average Bonchev–Trinajstić information content (AvgIpc) is 3.20. The van der Waals surface area contributed by atoms with Crippen LogP contribution in [0.15, 0.2) is 23.7 Å². The first-order valence-corrected chi connectivity index (χ1v) is 8.86. The van der Waals surface area contributed by atoms with E-state index < -0.39 is 0 Å². The van der Waals surface area contributed by atoms with Crippen molar-refractivity contribution in [3.8, 4) is 0 Å². The highest BCUT2D eigenvalue weighted by Crippen LogP contribution is 2.59. The number of nitrogens with zero attached hydrogens (tertiary/aromatic N) is 1. The summed E-state index contributed by atoms with van der Waals surface area (Å²) in [6.45, 7) is 0. The molecular formula is C17H20N2S. The van der Waals surface area contributed by atoms with Crippen molar-refractivity contribution < 1.29 is 0 Å². The van der Waals surface area contributed by atoms with Gasteiger partial charge in [0, 0.05) is 11.7 Å². The number of hydrogen-bond acceptors (Lipinski definition) is 3. The number of benzene rings is 1. The van der Waals surface area contributed by atoms with Gasteiger partial charge >= 0.3 is 0 Å². The van der Waals surface area contributed by atoms with Crippen LogP contribution in [-0.4, -0.2) is 11.0 Å². The van der Waals surface area contributed by atoms with Gasteiger partial charge in [-0.2, -0.15) is 0 Å². The van der Waals surface area contributed by atoms with Gasteiger partial charge in [0.1, 0.15) is 0 Å². The molecule has 0 saturated heterocycles. The van der Waals surface area contributed by atoms with E-state index in [1.54, 1.807) is 11.3 Å². The van der Waals surface area contributed by atoms with Crippen molar-refractivity contribution in [2.45, 2.75) is 38.1 Å². The van der Waals surface area contributed by atoms with E-state index in [0.717, 1.165) is 35.2 Å². The first kappa shape index (κ1) is 11.6. The number of anilines is 1. The molecule has 5 rings (SSSR count). The van der Waals surface area contributed by atoms with E-state index >= 15 is 0 Å². The molecule has 3 aliphatic carbocycles. The number of thiazole rings is 1. The molecule has 1 N–H and O–H groups in total. The van der Waals surface area contributed by atoms with Crippen LogP contribution in [0, 0.1) is 23.7 Å². The summed E-state index contributed by atoms with van der Waals surface area (Å²) in [4.78, 5) is 4.36. The number of nitrogens with one attached hydrogen (secondary N) is 1. The van der Waals surface area contributed by atoms with Crippen LogP contribution in [0.3, 0.4) is 0 Å². The molecule has 5 unspecified atom stereocenters. The Balaban J connectivity index is 1.39. The minimum atomic E-state index is 0.727. The van der Waals surface area contributed by atoms with Gasteiger partial charge in [0.05, 0.1) is 15.7 Å². The Bertz CT molecular complexity index is 649. The Morgan fingerprint density at radius 3 is 3.05 bits per heavy atom. The third kappa shape index (κ3) is 1.59. The topological polar surface area (TPSA) is 24.9 Å². The Morgan fingerprint density at radius 2 is 2.05 bits per heavy atom. The van der Waals surface area contributed by atoms with Crippen LogP contribution in [0.4, 0.5) is 5.69 Å². The van der Waals surface area contributed by atoms with E-state index in [9.17, 15) is 0 Å². The monoisotopic (exact) mass is 284 g/mol. The van der Waals surface area contributed by atoms with Gasteiger partial charge in [-0.05, 0) is 67.6 Å². The molecule has 3 saturated carbocycles. The second kappa shape index (κ2) is 4.20. The fourth-order valence-corrected chi connectivity index (χ4v) is 6.11. The van der Waals surface area contributed by atoms with Gasteiger partial charge in [-0.1, -0.05) is 6.42 Å². The van der Waals surface area contributed by atoms with Crippen molar-refractivity contribution in [2.75, 3.05) is 5.32 Å². The van der Waals surface area contributed by atoms with Crippen LogP contribution >= 0.6 is 11.3 Å². The molecule has 2 bridgehead atoms. The lowest BCUT2D eigenvalue weighted by Crippen LogP contribution is -2.33. The molecule has 5 atom stereocenters. The van der Waals surface area contributed by atoms with Gasteiger partial charge in [-0.25, -0.2) is 4.98 Å². The summed E-state index contributed by atoms with van der Waals surface area (Å²) in [5.74, 6) is 4.10. The predicted molar refractivity (Wildman–Crippen MR) is 84.1 cm³/mol. The second-order valence-electron chi connectivity index (χ2n) is 6.94. The molecule has 1 aromatic heterocycles. The van der Waals surface area contributed by atoms with Crippen LogP contribution in [-0.2, 0) is 0 Å². The zero-order valence-corrected chi connectivity index (χ0v) is 12.4. The molecule has 0 aliphatic heterocycles. The Morgan fingerprint density at radius 1 is 1.10 bits per heavy atom. The summed E-state index contributed by atoms with van der Waals surface area (Å²) in [6.07, 6.45) is 7.41. The largest absolute Gasteiger partial charge is 0.382 e. The van der Waals surface area contributed by atoms with Crippen molar-refractivity contribution in [3.63, 3.8) is 0 Å². The highest BCUT2D eigenvalue weighted by molar-refractivity contribution is 7.16. The van der Waals surface area contributed by atoms with E-state index in [0.29, 0.717) is 0 Å². The molecule has 0 spiro atoms. The van der Waals surface area contributed by atoms with Gasteiger partial charge in [0.2, 0.25) is 0 Å². The Labute approximate surface area is 123 Å². The molecular weight excluding hydrogens is 264 g/mol. The molecule has 1 heterocycles. The number of rotatable bonds is 2. The summed E-state index contributed by atoms with van der Waals surface area (Å²) < 4.78 is 1.30. The summed E-state index contributed by atoms with van der Waals surface area (Å²) in [6, 6.07) is 7.37. The predicted octanol–water partition coefficient (Wildman–Crippen LogP) is 4.53. The third-order valence-electron chi connectivity index (χ3n) is 6.11. The summed E-state index contributed by atoms with van der Waals surface area (Å²) in [7, 11) is 0. The minimum absolute atomic E-state index is 0.727. The molecule has 1 aromatic carbocycles. The standard InChI is InChI=1S/C17H20N2S/c1-2-12-10-6-14(13(12)3-1)16(7-10)19-11-4-5-15-17(8-11)20-9-18-15/h4-5,8-10,12-14,16,19H,1-3,6-7H2. The second-order valence-corrected chi connectivity index (χ2v) is 7.83. The lowest BCUT2D eigenvalue weighted by Gasteiger charge is -2.32. The summed E-state index contributed by atoms with van der Waals surface area (Å²) in [5, 5.41) is 3.85. The summed E-state index contributed by atoms with van der Waals surface area (Å²) in [5.41, 5.74) is 4.37. The zero-order chi connectivity index (χ0) is 13.1. The molecule has 20 heavy (non-hydrogen) atoms. The van der Waals surface area contributed by atoms with Crippen molar-refractivity contribution in [3.05, 3.63) is 23.7 Å². The van der Waals surface area contributed by atoms with E-state index in [-0.39, 0.29) is 0 Å². The highest BCUT2D eigenvalue weighted by Gasteiger charge is 2.53. The lowest BCUT2D eigenvalue weighted by molar-refractivity contribution is 0.243. The van der Waals surface area contributed by atoms with Crippen molar-refractivity contribution >= 4 is 27.2 Å². The molecule has 104 valence electrons. The number of fused-ring (bicyclic) bond motifs is 6. The number of hydrogen-bond donors (Lipinski definition) is 1. The van der Waals surface area contributed by atoms with E-state index in [4.69, 9.17) is 0 Å². The van der Waals surface area contributed by atoms with Crippen LogP contribution in [0.5, 0.6) is 0 Å². The van der Waals surface area contributed by atoms with Crippen molar-refractivity contribution in [2.24, 2.45) is 23.7 Å². The van der Waals surface area contributed by atoms with Gasteiger partial charge in [-0.15, -0.1) is 11.3 Å². The minimum Gasteiger partial charge on any atom is -0.382 e. The van der Waals surface area contributed by atoms with Gasteiger partial charge in [-0.3, -0.25) is 0 Å². The number of aromatic nitrogens is 1. The zero-order valence-electron chi connectivity index (χ0n) is 11.6. The van der Waals surface area contributed by atoms with Crippen LogP contribution in [0.25, 0.3) is 10.2 Å². The Hall–Kier alpha value is -1.09. The molecule has 0 amide bonds. The average molecular weight is 284 g/mol. The maximum Gasteiger partial charge on any atom is 0.0813 e. The fraction of sp³-hybridized carbons (Fsp3) is 0.588. The van der Waals surface area contributed by atoms with Crippen LogP contribution < -0.4 is 5.32 Å². The van der Waals surface area contributed by atoms with Crippen LogP contribution in [0.1, 0.15) is 32.1 Å². The van der Waals surface area contributed by atoms with E-state index in [2.05, 4.69) is 28.5 Å². The molecule has 0 radical (unpaired) electrons. The normalized spacial score (nSPS) is 38.5. The Kier molecular flexibility index (Phi) is 2.43. The molecule has 3 fully saturated rings. The first-order valence-electron chi connectivity index (χ1n) is 7.98. The fourth-order valence-electron chi connectivity index (χ4n) is 5.39. The SMILES string of the molecule is c1nc2ccc(NC3CC4CC3C3CCCC43)cc2s1. The lowest BCUT2D eigenvalue weighted by atomic mass is 9.79. The van der Waals surface area contributed by atoms with Gasteiger partial charge in [0.25, 0.3) is 0 Å².